The van der Waals surface area contributed by atoms with Gasteiger partial charge in [0.15, 0.2) is 0 Å². The molecule has 1 heterocycles. The van der Waals surface area contributed by atoms with Gasteiger partial charge in [0.05, 0.1) is 0 Å². The van der Waals surface area contributed by atoms with Crippen LogP contribution in [0.4, 0.5) is 0 Å². The summed E-state index contributed by atoms with van der Waals surface area (Å²) < 4.78 is 2.32. The van der Waals surface area contributed by atoms with Crippen LogP contribution in [0.5, 0.6) is 0 Å². The first-order valence-electron chi connectivity index (χ1n) is 7.50. The minimum absolute atomic E-state index is 0.353. The second-order valence-electron chi connectivity index (χ2n) is 5.96. The Kier molecular flexibility index (Phi) is 4.16. The van der Waals surface area contributed by atoms with E-state index in [0.29, 0.717) is 5.41 Å². The van der Waals surface area contributed by atoms with Crippen molar-refractivity contribution in [1.82, 2.24) is 9.55 Å². The molecule has 1 saturated carbocycles. The third-order valence-electron chi connectivity index (χ3n) is 4.50. The molecule has 20 heavy (non-hydrogen) atoms. The van der Waals surface area contributed by atoms with Crippen molar-refractivity contribution in [3.05, 3.63) is 42.7 Å². The first-order valence-corrected chi connectivity index (χ1v) is 8.14. The Hall–Kier alpha value is -1.22. The molecule has 3 rings (SSSR count). The predicted molar refractivity (Wildman–Crippen MR) is 87.0 cm³/mol. The van der Waals surface area contributed by atoms with Crippen LogP contribution in [-0.4, -0.2) is 15.3 Å². The molecule has 1 aromatic heterocycles. The van der Waals surface area contributed by atoms with E-state index in [-0.39, 0.29) is 0 Å². The molecule has 0 saturated heterocycles. The third kappa shape index (κ3) is 2.78. The summed E-state index contributed by atoms with van der Waals surface area (Å²) in [7, 11) is 0. The summed E-state index contributed by atoms with van der Waals surface area (Å²) in [6, 6.07) is 10.5. The fourth-order valence-electron chi connectivity index (χ4n) is 3.31. The lowest BCUT2D eigenvalue weighted by Crippen LogP contribution is -2.31. The van der Waals surface area contributed by atoms with E-state index in [2.05, 4.69) is 52.6 Å². The third-order valence-corrected chi connectivity index (χ3v) is 5.17. The summed E-state index contributed by atoms with van der Waals surface area (Å²) in [5.74, 6) is 2.05. The zero-order valence-electron chi connectivity index (χ0n) is 11.8. The molecule has 0 atom stereocenters. The Morgan fingerprint density at radius 1 is 1.10 bits per heavy atom. The SMILES string of the molecule is SCC1(Cn2ccnc2-c2ccccc2)CCCCC1. The van der Waals surface area contributed by atoms with E-state index in [9.17, 15) is 0 Å². The van der Waals surface area contributed by atoms with Gasteiger partial charge in [-0.05, 0) is 24.0 Å². The van der Waals surface area contributed by atoms with Gasteiger partial charge in [0.25, 0.3) is 0 Å². The molecule has 2 aromatic rings. The zero-order chi connectivity index (χ0) is 13.8. The van der Waals surface area contributed by atoms with Crippen LogP contribution in [0.3, 0.4) is 0 Å². The highest BCUT2D eigenvalue weighted by Crippen LogP contribution is 2.39. The van der Waals surface area contributed by atoms with Crippen LogP contribution in [0.1, 0.15) is 32.1 Å². The van der Waals surface area contributed by atoms with Gasteiger partial charge >= 0.3 is 0 Å². The van der Waals surface area contributed by atoms with Crippen molar-refractivity contribution >= 4 is 12.6 Å². The normalized spacial score (nSPS) is 18.1. The summed E-state index contributed by atoms with van der Waals surface area (Å²) in [5.41, 5.74) is 1.55. The number of benzene rings is 1. The zero-order valence-corrected chi connectivity index (χ0v) is 12.7. The summed E-state index contributed by atoms with van der Waals surface area (Å²) in [4.78, 5) is 4.56. The van der Waals surface area contributed by atoms with Crippen molar-refractivity contribution in [3.8, 4) is 11.4 Å². The van der Waals surface area contributed by atoms with Crippen LogP contribution in [-0.2, 0) is 6.54 Å². The van der Waals surface area contributed by atoms with Gasteiger partial charge in [0.2, 0.25) is 0 Å². The molecule has 0 aliphatic heterocycles. The average molecular weight is 286 g/mol. The lowest BCUT2D eigenvalue weighted by Gasteiger charge is -2.36. The maximum atomic E-state index is 4.65. The smallest absolute Gasteiger partial charge is 0.139 e. The number of aromatic nitrogens is 2. The van der Waals surface area contributed by atoms with Gasteiger partial charge in [0, 0.05) is 24.5 Å². The van der Waals surface area contributed by atoms with E-state index in [1.807, 2.05) is 12.3 Å². The van der Waals surface area contributed by atoms with Crippen LogP contribution < -0.4 is 0 Å². The number of hydrogen-bond acceptors (Lipinski definition) is 2. The summed E-state index contributed by atoms with van der Waals surface area (Å²) in [5, 5.41) is 0. The Bertz CT molecular complexity index is 541. The van der Waals surface area contributed by atoms with Gasteiger partial charge in [0.1, 0.15) is 5.82 Å². The first kappa shape index (κ1) is 13.7. The average Bonchev–Trinajstić information content (AvgIpc) is 2.97. The van der Waals surface area contributed by atoms with Gasteiger partial charge in [-0.25, -0.2) is 4.98 Å². The van der Waals surface area contributed by atoms with Crippen LogP contribution in [0, 0.1) is 5.41 Å². The maximum absolute atomic E-state index is 4.65. The lowest BCUT2D eigenvalue weighted by atomic mass is 9.75. The monoisotopic (exact) mass is 286 g/mol. The predicted octanol–water partition coefficient (Wildman–Crippen LogP) is 4.43. The van der Waals surface area contributed by atoms with Crippen molar-refractivity contribution in [2.75, 3.05) is 5.75 Å². The van der Waals surface area contributed by atoms with Gasteiger partial charge in [-0.15, -0.1) is 0 Å². The Morgan fingerprint density at radius 2 is 1.85 bits per heavy atom. The highest BCUT2D eigenvalue weighted by molar-refractivity contribution is 7.80. The molecule has 0 amide bonds. The number of hydrogen-bond donors (Lipinski definition) is 1. The molecule has 0 spiro atoms. The molecule has 1 aromatic carbocycles. The Labute approximate surface area is 126 Å². The van der Waals surface area contributed by atoms with Crippen molar-refractivity contribution in [2.24, 2.45) is 5.41 Å². The van der Waals surface area contributed by atoms with Crippen LogP contribution in [0.15, 0.2) is 42.7 Å². The van der Waals surface area contributed by atoms with Crippen LogP contribution in [0.25, 0.3) is 11.4 Å². The highest BCUT2D eigenvalue weighted by atomic mass is 32.1. The number of thiol groups is 1. The standard InChI is InChI=1S/C17H22N2S/c20-14-17(9-5-2-6-10-17)13-19-12-11-18-16(19)15-7-3-1-4-8-15/h1,3-4,7-8,11-12,20H,2,5-6,9-10,13-14H2. The van der Waals surface area contributed by atoms with Gasteiger partial charge in [-0.2, -0.15) is 12.6 Å². The summed E-state index contributed by atoms with van der Waals surface area (Å²) in [6.45, 7) is 1.04. The molecule has 0 N–H and O–H groups in total. The summed E-state index contributed by atoms with van der Waals surface area (Å²) in [6.07, 6.45) is 10.7. The highest BCUT2D eigenvalue weighted by Gasteiger charge is 2.31. The van der Waals surface area contributed by atoms with E-state index in [1.54, 1.807) is 0 Å². The molecule has 3 heteroatoms. The topological polar surface area (TPSA) is 17.8 Å². The largest absolute Gasteiger partial charge is 0.330 e. The van der Waals surface area contributed by atoms with Gasteiger partial charge in [-0.3, -0.25) is 0 Å². The molecule has 2 nitrogen and oxygen atoms in total. The van der Waals surface area contributed by atoms with E-state index < -0.39 is 0 Å². The molecule has 0 unspecified atom stereocenters. The second kappa shape index (κ2) is 6.04. The minimum atomic E-state index is 0.353. The van der Waals surface area contributed by atoms with Crippen molar-refractivity contribution in [3.63, 3.8) is 0 Å². The van der Waals surface area contributed by atoms with E-state index in [0.717, 1.165) is 18.1 Å². The molecular weight excluding hydrogens is 264 g/mol. The quantitative estimate of drug-likeness (QED) is 0.823. The molecule has 1 aliphatic carbocycles. The van der Waals surface area contributed by atoms with Crippen molar-refractivity contribution < 1.29 is 0 Å². The minimum Gasteiger partial charge on any atom is -0.330 e. The number of imidazole rings is 1. The van der Waals surface area contributed by atoms with Gasteiger partial charge in [-0.1, -0.05) is 49.6 Å². The van der Waals surface area contributed by atoms with Crippen LogP contribution in [0.2, 0.25) is 0 Å². The molecule has 0 bridgehead atoms. The second-order valence-corrected chi connectivity index (χ2v) is 6.28. The molecule has 0 radical (unpaired) electrons. The van der Waals surface area contributed by atoms with Crippen molar-refractivity contribution in [2.45, 2.75) is 38.6 Å². The number of nitrogens with zero attached hydrogens (tertiary/aromatic N) is 2. The fourth-order valence-corrected chi connectivity index (χ4v) is 3.73. The molecule has 106 valence electrons. The lowest BCUT2D eigenvalue weighted by molar-refractivity contribution is 0.191. The maximum Gasteiger partial charge on any atom is 0.139 e. The molecule has 1 fully saturated rings. The number of rotatable bonds is 4. The molecule has 1 aliphatic rings. The summed E-state index contributed by atoms with van der Waals surface area (Å²) >= 11 is 4.65. The Morgan fingerprint density at radius 3 is 2.55 bits per heavy atom. The van der Waals surface area contributed by atoms with E-state index in [4.69, 9.17) is 0 Å². The van der Waals surface area contributed by atoms with Gasteiger partial charge < -0.3 is 4.57 Å². The van der Waals surface area contributed by atoms with E-state index >= 15 is 0 Å². The van der Waals surface area contributed by atoms with Crippen molar-refractivity contribution in [1.29, 1.82) is 0 Å². The van der Waals surface area contributed by atoms with E-state index in [1.165, 1.54) is 37.7 Å². The Balaban J connectivity index is 1.86. The van der Waals surface area contributed by atoms with Crippen LogP contribution >= 0.6 is 12.6 Å². The fraction of sp³-hybridized carbons (Fsp3) is 0.471. The molecular formula is C17H22N2S. The first-order chi connectivity index (χ1) is 9.83.